The summed E-state index contributed by atoms with van der Waals surface area (Å²) in [6, 6.07) is 2.29. The first-order valence-corrected chi connectivity index (χ1v) is 8.77. The Kier molecular flexibility index (Phi) is 3.25. The number of alkyl halides is 2. The first-order chi connectivity index (χ1) is 11.3. The van der Waals surface area contributed by atoms with Gasteiger partial charge in [-0.2, -0.15) is 4.98 Å². The lowest BCUT2D eigenvalue weighted by molar-refractivity contribution is 0.326. The Labute approximate surface area is 134 Å². The van der Waals surface area contributed by atoms with Gasteiger partial charge in [0.25, 0.3) is 5.16 Å². The highest BCUT2D eigenvalue weighted by Crippen LogP contribution is 2.42. The fourth-order valence-corrected chi connectivity index (χ4v) is 4.40. The summed E-state index contributed by atoms with van der Waals surface area (Å²) < 4.78 is 79.0. The molecule has 128 valence electrons. The third kappa shape index (κ3) is 2.23. The topological polar surface area (TPSA) is 64.8 Å². The second-order valence-electron chi connectivity index (χ2n) is 5.92. The van der Waals surface area contributed by atoms with Crippen LogP contribution >= 0.6 is 0 Å². The van der Waals surface area contributed by atoms with Crippen molar-refractivity contribution >= 4 is 9.84 Å². The summed E-state index contributed by atoms with van der Waals surface area (Å²) in [5, 5.41) is 1.99. The predicted molar refractivity (Wildman–Crippen MR) is 73.5 cm³/mol. The van der Waals surface area contributed by atoms with Gasteiger partial charge in [0.2, 0.25) is 9.84 Å². The highest BCUT2D eigenvalue weighted by Gasteiger charge is 2.51. The van der Waals surface area contributed by atoms with Gasteiger partial charge < -0.3 is 0 Å². The van der Waals surface area contributed by atoms with Gasteiger partial charge in [-0.05, 0) is 24.1 Å². The highest BCUT2D eigenvalue weighted by molar-refractivity contribution is 7.92. The lowest BCUT2D eigenvalue weighted by Gasteiger charge is -2.12. The summed E-state index contributed by atoms with van der Waals surface area (Å²) >= 11 is 0. The molecule has 1 aromatic heterocycles. The largest absolute Gasteiger partial charge is 0.267 e. The molecule has 1 saturated carbocycles. The Morgan fingerprint density at radius 3 is 2.46 bits per heavy atom. The van der Waals surface area contributed by atoms with Crippen LogP contribution < -0.4 is 0 Å². The van der Waals surface area contributed by atoms with E-state index in [1.807, 2.05) is 0 Å². The van der Waals surface area contributed by atoms with E-state index in [1.54, 1.807) is 0 Å². The molecule has 1 aromatic carbocycles. The lowest BCUT2D eigenvalue weighted by Crippen LogP contribution is -2.14. The summed E-state index contributed by atoms with van der Waals surface area (Å²) in [6.07, 6.45) is -3.30. The molecule has 1 aliphatic carbocycles. The average Bonchev–Trinajstić information content (AvgIpc) is 2.99. The molecule has 1 fully saturated rings. The Balaban J connectivity index is 1.75. The van der Waals surface area contributed by atoms with Crippen molar-refractivity contribution in [3.63, 3.8) is 0 Å². The van der Waals surface area contributed by atoms with Crippen LogP contribution in [-0.2, 0) is 9.84 Å². The normalized spacial score (nSPS) is 28.8. The molecular formula is C14H11F4N3O2S. The number of aromatic nitrogens is 3. The summed E-state index contributed by atoms with van der Waals surface area (Å²) in [4.78, 5) is 3.71. The van der Waals surface area contributed by atoms with Crippen molar-refractivity contribution in [1.82, 2.24) is 14.8 Å². The fraction of sp³-hybridized carbons (Fsp3) is 0.429. The van der Waals surface area contributed by atoms with Crippen molar-refractivity contribution in [2.24, 2.45) is 0 Å². The van der Waals surface area contributed by atoms with Gasteiger partial charge in [0.1, 0.15) is 11.4 Å². The van der Waals surface area contributed by atoms with Crippen LogP contribution in [0.2, 0.25) is 0 Å². The van der Waals surface area contributed by atoms with E-state index in [-0.39, 0.29) is 24.2 Å². The summed E-state index contributed by atoms with van der Waals surface area (Å²) in [7, 11) is -4.06. The number of benzene rings is 1. The number of rotatable bonds is 3. The van der Waals surface area contributed by atoms with Crippen LogP contribution in [0.4, 0.5) is 17.6 Å². The van der Waals surface area contributed by atoms with Gasteiger partial charge in [-0.15, -0.1) is 5.10 Å². The number of sulfone groups is 1. The minimum Gasteiger partial charge on any atom is -0.246 e. The second kappa shape index (κ2) is 5.01. The van der Waals surface area contributed by atoms with Gasteiger partial charge in [0, 0.05) is 6.42 Å². The van der Waals surface area contributed by atoms with Crippen molar-refractivity contribution in [3.05, 3.63) is 41.2 Å². The molecule has 0 amide bonds. The van der Waals surface area contributed by atoms with Gasteiger partial charge in [0.05, 0.1) is 6.04 Å². The number of nitrogens with zero attached hydrogens (tertiary/aromatic N) is 3. The molecule has 0 saturated heterocycles. The van der Waals surface area contributed by atoms with Crippen molar-refractivity contribution in [1.29, 1.82) is 0 Å². The summed E-state index contributed by atoms with van der Waals surface area (Å²) in [6.45, 7) is 0. The SMILES string of the molecule is O=S(=O)(c1nc2n(n1)[C@H](c1ccc(F)c(F)c1)C[C@@H]2F)[C@H]1C[C@@H]1F. The number of hydrogen-bond donors (Lipinski definition) is 0. The summed E-state index contributed by atoms with van der Waals surface area (Å²) in [5.74, 6) is -2.35. The smallest absolute Gasteiger partial charge is 0.246 e. The monoisotopic (exact) mass is 361 g/mol. The number of fused-ring (bicyclic) bond motifs is 1. The summed E-state index contributed by atoms with van der Waals surface area (Å²) in [5.41, 5.74) is 0.249. The van der Waals surface area contributed by atoms with E-state index in [4.69, 9.17) is 0 Å². The quantitative estimate of drug-likeness (QED) is 0.788. The minimum atomic E-state index is -4.06. The average molecular weight is 361 g/mol. The zero-order chi connectivity index (χ0) is 17.2. The maximum Gasteiger partial charge on any atom is 0.267 e. The Morgan fingerprint density at radius 1 is 1.12 bits per heavy atom. The van der Waals surface area contributed by atoms with Crippen molar-refractivity contribution in [2.45, 2.75) is 41.6 Å². The zero-order valence-electron chi connectivity index (χ0n) is 12.0. The van der Waals surface area contributed by atoms with Crippen LogP contribution in [0.15, 0.2) is 23.4 Å². The third-order valence-corrected chi connectivity index (χ3v) is 6.25. The predicted octanol–water partition coefficient (Wildman–Crippen LogP) is 2.44. The number of halogens is 4. The van der Waals surface area contributed by atoms with E-state index < -0.39 is 50.3 Å². The van der Waals surface area contributed by atoms with Crippen molar-refractivity contribution < 1.29 is 26.0 Å². The Hall–Kier alpha value is -1.97. The standard InChI is InChI=1S/C14H11F4N3O2S/c15-7-2-1-6(3-8(7)16)11-4-10(18)13-19-14(20-21(11)13)24(22,23)12-5-9(12)17/h1-3,9-12H,4-5H2/t9-,10-,11-,12-/m0/s1. The van der Waals surface area contributed by atoms with Crippen LogP contribution in [0, 0.1) is 11.6 Å². The molecule has 1 aliphatic heterocycles. The molecule has 2 heterocycles. The Morgan fingerprint density at radius 2 is 1.83 bits per heavy atom. The molecule has 0 bridgehead atoms. The molecule has 4 rings (SSSR count). The van der Waals surface area contributed by atoms with E-state index >= 15 is 0 Å². The van der Waals surface area contributed by atoms with Crippen LogP contribution in [0.5, 0.6) is 0 Å². The maximum atomic E-state index is 14.2. The fourth-order valence-electron chi connectivity index (χ4n) is 2.88. The van der Waals surface area contributed by atoms with Gasteiger partial charge in [0.15, 0.2) is 23.6 Å². The van der Waals surface area contributed by atoms with Gasteiger partial charge >= 0.3 is 0 Å². The van der Waals surface area contributed by atoms with Crippen LogP contribution in [0.3, 0.4) is 0 Å². The molecule has 2 aliphatic rings. The van der Waals surface area contributed by atoms with E-state index in [9.17, 15) is 26.0 Å². The van der Waals surface area contributed by atoms with E-state index in [2.05, 4.69) is 10.1 Å². The van der Waals surface area contributed by atoms with Crippen LogP contribution in [0.1, 0.15) is 36.4 Å². The van der Waals surface area contributed by atoms with Gasteiger partial charge in [-0.1, -0.05) is 6.07 Å². The molecule has 5 nitrogen and oxygen atoms in total. The number of hydrogen-bond acceptors (Lipinski definition) is 4. The van der Waals surface area contributed by atoms with Gasteiger partial charge in [-0.3, -0.25) is 0 Å². The van der Waals surface area contributed by atoms with Crippen molar-refractivity contribution in [2.75, 3.05) is 0 Å². The molecule has 4 atom stereocenters. The third-order valence-electron chi connectivity index (χ3n) is 4.28. The highest BCUT2D eigenvalue weighted by atomic mass is 32.2. The zero-order valence-corrected chi connectivity index (χ0v) is 12.9. The second-order valence-corrected chi connectivity index (χ2v) is 7.99. The maximum absolute atomic E-state index is 14.2. The molecule has 2 aromatic rings. The molecule has 0 N–H and O–H groups in total. The van der Waals surface area contributed by atoms with Crippen LogP contribution in [0.25, 0.3) is 0 Å². The molecular weight excluding hydrogens is 350 g/mol. The minimum absolute atomic E-state index is 0.115. The van der Waals surface area contributed by atoms with Crippen LogP contribution in [-0.4, -0.2) is 34.6 Å². The Bertz CT molecular complexity index is 930. The van der Waals surface area contributed by atoms with Crippen molar-refractivity contribution in [3.8, 4) is 0 Å². The molecule has 0 spiro atoms. The molecule has 10 heteroatoms. The van der Waals surface area contributed by atoms with E-state index in [1.165, 1.54) is 6.07 Å². The molecule has 0 radical (unpaired) electrons. The molecule has 0 unspecified atom stereocenters. The van der Waals surface area contributed by atoms with E-state index in [0.717, 1.165) is 16.8 Å². The first kappa shape index (κ1) is 15.6. The van der Waals surface area contributed by atoms with E-state index in [0.29, 0.717) is 0 Å². The van der Waals surface area contributed by atoms with Gasteiger partial charge in [-0.25, -0.2) is 30.7 Å². The molecule has 24 heavy (non-hydrogen) atoms. The first-order valence-electron chi connectivity index (χ1n) is 7.22. The lowest BCUT2D eigenvalue weighted by atomic mass is 10.0.